The molecule has 0 aliphatic heterocycles. The van der Waals surface area contributed by atoms with Gasteiger partial charge in [-0.05, 0) is 97.0 Å². The number of hydrogen-bond acceptors (Lipinski definition) is 6. The number of urea groups is 1. The van der Waals surface area contributed by atoms with E-state index in [1.807, 2.05) is 24.3 Å². The van der Waals surface area contributed by atoms with Crippen molar-refractivity contribution in [1.29, 1.82) is 0 Å². The summed E-state index contributed by atoms with van der Waals surface area (Å²) in [6, 6.07) is 23.9. The maximum absolute atomic E-state index is 14.0. The van der Waals surface area contributed by atoms with Crippen LogP contribution in [0.25, 0.3) is 28.1 Å². The molecule has 0 radical (unpaired) electrons. The number of carboxylic acid groups (broad SMARTS) is 1. The van der Waals surface area contributed by atoms with Crippen LogP contribution >= 0.6 is 0 Å². The predicted octanol–water partition coefficient (Wildman–Crippen LogP) is 8.79. The summed E-state index contributed by atoms with van der Waals surface area (Å²) in [5, 5.41) is 14.2. The Bertz CT molecular complexity index is 2040. The van der Waals surface area contributed by atoms with Crippen molar-refractivity contribution in [1.82, 2.24) is 10.3 Å². The maximum atomic E-state index is 14.0. The van der Waals surface area contributed by atoms with E-state index in [0.717, 1.165) is 37.3 Å². The molecule has 1 heterocycles. The molecule has 4 aromatic carbocycles. The van der Waals surface area contributed by atoms with Crippen molar-refractivity contribution >= 4 is 46.0 Å². The lowest BCUT2D eigenvalue weighted by atomic mass is 9.93. The molecule has 262 valence electrons. The molecule has 10 nitrogen and oxygen atoms in total. The van der Waals surface area contributed by atoms with Gasteiger partial charge >= 0.3 is 18.4 Å². The molecule has 1 aromatic heterocycles. The molecule has 1 aliphatic rings. The Hall–Kier alpha value is -6.11. The minimum absolute atomic E-state index is 0.0196. The molecular weight excluding hydrogens is 665 g/mol. The average molecular weight is 699 g/mol. The second kappa shape index (κ2) is 15.2. The quantitative estimate of drug-likeness (QED) is 0.126. The molecule has 13 heteroatoms. The molecule has 3 N–H and O–H groups in total. The van der Waals surface area contributed by atoms with Crippen LogP contribution in [-0.4, -0.2) is 40.9 Å². The lowest BCUT2D eigenvalue weighted by molar-refractivity contribution is -0.274. The lowest BCUT2D eigenvalue weighted by Gasteiger charge is -2.24. The Balaban J connectivity index is 1.28. The van der Waals surface area contributed by atoms with E-state index in [-0.39, 0.29) is 36.7 Å². The van der Waals surface area contributed by atoms with Gasteiger partial charge in [-0.25, -0.2) is 9.78 Å². The van der Waals surface area contributed by atoms with Crippen LogP contribution in [0.5, 0.6) is 5.75 Å². The van der Waals surface area contributed by atoms with E-state index in [1.54, 1.807) is 48.5 Å². The zero-order valence-electron chi connectivity index (χ0n) is 27.2. The van der Waals surface area contributed by atoms with Crippen molar-refractivity contribution in [2.24, 2.45) is 0 Å². The van der Waals surface area contributed by atoms with Gasteiger partial charge in [-0.2, -0.15) is 0 Å². The molecule has 0 fully saturated rings. The number of benzene rings is 4. The monoisotopic (exact) mass is 698 g/mol. The molecule has 0 saturated carbocycles. The number of amides is 3. The largest absolute Gasteiger partial charge is 0.573 e. The van der Waals surface area contributed by atoms with Gasteiger partial charge in [0.05, 0.1) is 18.5 Å². The molecule has 0 spiro atoms. The third-order valence-corrected chi connectivity index (χ3v) is 8.25. The number of carboxylic acids is 1. The van der Waals surface area contributed by atoms with E-state index >= 15 is 0 Å². The zero-order chi connectivity index (χ0) is 36.0. The third-order valence-electron chi connectivity index (χ3n) is 8.25. The maximum Gasteiger partial charge on any atom is 0.573 e. The number of alkyl halides is 3. The Morgan fingerprint density at radius 2 is 1.71 bits per heavy atom. The van der Waals surface area contributed by atoms with Gasteiger partial charge in [0.25, 0.3) is 5.91 Å². The highest BCUT2D eigenvalue weighted by atomic mass is 19.4. The highest BCUT2D eigenvalue weighted by Crippen LogP contribution is 2.37. The third kappa shape index (κ3) is 8.93. The van der Waals surface area contributed by atoms with Crippen LogP contribution in [0.3, 0.4) is 0 Å². The Labute approximate surface area is 290 Å². The van der Waals surface area contributed by atoms with E-state index in [0.29, 0.717) is 27.9 Å². The number of halogens is 3. The van der Waals surface area contributed by atoms with Crippen LogP contribution in [-0.2, 0) is 11.3 Å². The SMILES string of the molecule is O=C(O)CCNC(=O)c1ccc(CN(C(=O)Nc2ccc(OC(F)(F)F)c(-c3nc4ccccc4o3)c2)c2ccc(C3=CCCCC3)cc2)cc1. The average Bonchev–Trinajstić information content (AvgIpc) is 3.55. The second-order valence-corrected chi connectivity index (χ2v) is 11.9. The number of carbonyl (C=O) groups is 3. The molecule has 0 unspecified atom stereocenters. The number of fused-ring (bicyclic) bond motifs is 1. The molecule has 5 aromatic rings. The van der Waals surface area contributed by atoms with E-state index in [2.05, 4.69) is 26.4 Å². The number of para-hydroxylation sites is 2. The van der Waals surface area contributed by atoms with E-state index in [1.165, 1.54) is 22.6 Å². The summed E-state index contributed by atoms with van der Waals surface area (Å²) in [4.78, 5) is 43.1. The first kappa shape index (κ1) is 34.7. The van der Waals surface area contributed by atoms with Gasteiger partial charge in [-0.3, -0.25) is 14.5 Å². The molecule has 51 heavy (non-hydrogen) atoms. The highest BCUT2D eigenvalue weighted by Gasteiger charge is 2.33. The topological polar surface area (TPSA) is 134 Å². The van der Waals surface area contributed by atoms with Crippen molar-refractivity contribution in [3.05, 3.63) is 114 Å². The van der Waals surface area contributed by atoms with Crippen molar-refractivity contribution in [2.45, 2.75) is 45.0 Å². The number of aromatic nitrogens is 1. The first-order chi connectivity index (χ1) is 24.5. The van der Waals surface area contributed by atoms with Crippen molar-refractivity contribution in [3.8, 4) is 17.2 Å². The number of hydrogen-bond donors (Lipinski definition) is 3. The fourth-order valence-corrected chi connectivity index (χ4v) is 5.73. The van der Waals surface area contributed by atoms with Crippen LogP contribution in [0.4, 0.5) is 29.3 Å². The number of rotatable bonds is 11. The first-order valence-electron chi connectivity index (χ1n) is 16.2. The number of anilines is 2. The minimum Gasteiger partial charge on any atom is -0.481 e. The second-order valence-electron chi connectivity index (χ2n) is 11.9. The first-order valence-corrected chi connectivity index (χ1v) is 16.2. The van der Waals surface area contributed by atoms with Gasteiger partial charge in [-0.1, -0.05) is 42.5 Å². The number of nitrogens with one attached hydrogen (secondary N) is 2. The van der Waals surface area contributed by atoms with Gasteiger partial charge in [0, 0.05) is 23.5 Å². The summed E-state index contributed by atoms with van der Waals surface area (Å²) < 4.78 is 50.1. The molecular formula is C38H33F3N4O6. The predicted molar refractivity (Wildman–Crippen MR) is 185 cm³/mol. The molecule has 1 aliphatic carbocycles. The van der Waals surface area contributed by atoms with Crippen LogP contribution in [0.2, 0.25) is 0 Å². The van der Waals surface area contributed by atoms with E-state index < -0.39 is 30.0 Å². The fraction of sp³-hybridized carbons (Fsp3) is 0.211. The van der Waals surface area contributed by atoms with Gasteiger partial charge in [0.2, 0.25) is 5.89 Å². The van der Waals surface area contributed by atoms with Gasteiger partial charge in [0.15, 0.2) is 5.58 Å². The standard InChI is InChI=1S/C38H33F3N4O6/c39-38(40,41)51-32-19-16-28(22-30(32)36-44-31-8-4-5-9-33(31)50-36)43-37(49)45(29-17-14-26(15-18-29)25-6-2-1-3-7-25)23-24-10-12-27(13-11-24)35(48)42-21-20-34(46)47/h4-6,8-19,22H,1-3,7,20-21,23H2,(H,42,48)(H,43,49)(H,46,47). The van der Waals surface area contributed by atoms with Crippen LogP contribution < -0.4 is 20.3 Å². The van der Waals surface area contributed by atoms with Crippen molar-refractivity contribution < 1.29 is 41.8 Å². The van der Waals surface area contributed by atoms with Gasteiger partial charge < -0.3 is 24.9 Å². The summed E-state index contributed by atoms with van der Waals surface area (Å²) in [6.07, 6.45) is 1.26. The summed E-state index contributed by atoms with van der Waals surface area (Å²) in [5.41, 5.74) is 4.69. The summed E-state index contributed by atoms with van der Waals surface area (Å²) in [5.74, 6) is -2.13. The zero-order valence-corrected chi connectivity index (χ0v) is 27.2. The van der Waals surface area contributed by atoms with Crippen molar-refractivity contribution in [3.63, 3.8) is 0 Å². The van der Waals surface area contributed by atoms with Gasteiger partial charge in [0.1, 0.15) is 11.3 Å². The molecule has 0 atom stereocenters. The normalized spacial score (nSPS) is 13.0. The fourth-order valence-electron chi connectivity index (χ4n) is 5.73. The number of allylic oxidation sites excluding steroid dienone is 2. The number of nitrogens with zero attached hydrogens (tertiary/aromatic N) is 2. The van der Waals surface area contributed by atoms with Crippen LogP contribution in [0.1, 0.15) is 53.6 Å². The molecule has 6 rings (SSSR count). The van der Waals surface area contributed by atoms with Gasteiger partial charge in [-0.15, -0.1) is 13.2 Å². The summed E-state index contributed by atoms with van der Waals surface area (Å²) in [7, 11) is 0. The number of oxazole rings is 1. The van der Waals surface area contributed by atoms with E-state index in [9.17, 15) is 27.6 Å². The van der Waals surface area contributed by atoms with Crippen molar-refractivity contribution in [2.75, 3.05) is 16.8 Å². The summed E-state index contributed by atoms with van der Waals surface area (Å²) in [6.45, 7) is 0.0518. The number of carbonyl (C=O) groups excluding carboxylic acids is 2. The minimum atomic E-state index is -4.99. The molecule has 0 saturated heterocycles. The molecule has 3 amide bonds. The lowest BCUT2D eigenvalue weighted by Crippen LogP contribution is -2.34. The van der Waals surface area contributed by atoms with Crippen LogP contribution in [0, 0.1) is 0 Å². The Kier molecular flexibility index (Phi) is 10.4. The Morgan fingerprint density at radius 3 is 2.39 bits per heavy atom. The smallest absolute Gasteiger partial charge is 0.481 e. The van der Waals surface area contributed by atoms with Crippen LogP contribution in [0.15, 0.2) is 101 Å². The number of ether oxygens (including phenoxy) is 1. The van der Waals surface area contributed by atoms with E-state index in [4.69, 9.17) is 9.52 Å². The highest BCUT2D eigenvalue weighted by molar-refractivity contribution is 6.02. The molecule has 0 bridgehead atoms. The summed E-state index contributed by atoms with van der Waals surface area (Å²) >= 11 is 0. The Morgan fingerprint density at radius 1 is 0.941 bits per heavy atom. The number of aliphatic carboxylic acids is 1.